The first-order chi connectivity index (χ1) is 14.8. The molecule has 3 heterocycles. The first-order valence-electron chi connectivity index (χ1n) is 9.64. The number of hydrogen-bond acceptors (Lipinski definition) is 5. The smallest absolute Gasteiger partial charge is 0.235 e. The Kier molecular flexibility index (Phi) is 4.37. The van der Waals surface area contributed by atoms with E-state index in [1.54, 1.807) is 49.1 Å². The van der Waals surface area contributed by atoms with E-state index in [0.29, 0.717) is 27.7 Å². The fourth-order valence-corrected chi connectivity index (χ4v) is 4.31. The van der Waals surface area contributed by atoms with Crippen molar-refractivity contribution in [3.8, 4) is 22.3 Å². The fraction of sp³-hybridized carbons (Fsp3) is 0.136. The van der Waals surface area contributed by atoms with Crippen LogP contribution in [0.4, 0.5) is 4.39 Å². The zero-order valence-electron chi connectivity index (χ0n) is 16.8. The minimum atomic E-state index is -3.39. The summed E-state index contributed by atoms with van der Waals surface area (Å²) >= 11 is 0. The molecule has 0 aliphatic rings. The Morgan fingerprint density at radius 1 is 1.00 bits per heavy atom. The van der Waals surface area contributed by atoms with Gasteiger partial charge in [0.2, 0.25) is 10.0 Å². The third-order valence-corrected chi connectivity index (χ3v) is 6.31. The van der Waals surface area contributed by atoms with Crippen LogP contribution in [0, 0.1) is 5.82 Å². The number of halogens is 1. The van der Waals surface area contributed by atoms with E-state index in [9.17, 15) is 12.8 Å². The van der Waals surface area contributed by atoms with Crippen LogP contribution in [0.25, 0.3) is 44.2 Å². The molecule has 0 bridgehead atoms. The number of aryl methyl sites for hydroxylation is 1. The standard InChI is InChI=1S/C22H18FN5O2S/c1-3-27-13-24-21-19(10-25-26-22(21)27)15-6-7-20(23)18(9-15)14-4-5-16-11-28(31(2,29)30)12-17(16)8-14/h4-13H,3H2,1-2H3. The second-order valence-corrected chi connectivity index (χ2v) is 9.24. The van der Waals surface area contributed by atoms with Gasteiger partial charge in [0.25, 0.3) is 0 Å². The number of fused-ring (bicyclic) bond motifs is 2. The van der Waals surface area contributed by atoms with Gasteiger partial charge in [-0.2, -0.15) is 5.10 Å². The van der Waals surface area contributed by atoms with Gasteiger partial charge in [0.15, 0.2) is 5.65 Å². The summed E-state index contributed by atoms with van der Waals surface area (Å²) in [5, 5.41) is 9.75. The highest BCUT2D eigenvalue weighted by Gasteiger charge is 2.15. The minimum absolute atomic E-state index is 0.372. The Morgan fingerprint density at radius 3 is 2.52 bits per heavy atom. The van der Waals surface area contributed by atoms with Crippen LogP contribution < -0.4 is 0 Å². The Hall–Kier alpha value is -3.59. The maximum absolute atomic E-state index is 14.8. The van der Waals surface area contributed by atoms with E-state index in [-0.39, 0.29) is 5.82 Å². The van der Waals surface area contributed by atoms with E-state index in [1.165, 1.54) is 12.3 Å². The van der Waals surface area contributed by atoms with Gasteiger partial charge in [0.1, 0.15) is 11.3 Å². The Morgan fingerprint density at radius 2 is 1.74 bits per heavy atom. The van der Waals surface area contributed by atoms with Crippen molar-refractivity contribution in [2.75, 3.05) is 6.26 Å². The number of imidazole rings is 1. The molecule has 0 saturated heterocycles. The summed E-state index contributed by atoms with van der Waals surface area (Å²) in [5.41, 5.74) is 3.97. The summed E-state index contributed by atoms with van der Waals surface area (Å²) in [5.74, 6) is -0.372. The number of rotatable bonds is 4. The molecule has 0 unspecified atom stereocenters. The van der Waals surface area contributed by atoms with Crippen molar-refractivity contribution in [1.29, 1.82) is 0 Å². The zero-order chi connectivity index (χ0) is 21.8. The molecule has 7 nitrogen and oxygen atoms in total. The lowest BCUT2D eigenvalue weighted by molar-refractivity contribution is 0.594. The lowest BCUT2D eigenvalue weighted by atomic mass is 9.98. The molecule has 156 valence electrons. The first kappa shape index (κ1) is 19.4. The topological polar surface area (TPSA) is 82.7 Å². The van der Waals surface area contributed by atoms with Crippen LogP contribution >= 0.6 is 0 Å². The molecule has 0 saturated carbocycles. The van der Waals surface area contributed by atoms with Crippen molar-refractivity contribution in [2.24, 2.45) is 0 Å². The van der Waals surface area contributed by atoms with E-state index in [1.807, 2.05) is 11.5 Å². The third-order valence-electron chi connectivity index (χ3n) is 5.34. The number of hydrogen-bond donors (Lipinski definition) is 0. The molecular formula is C22H18FN5O2S. The molecule has 9 heteroatoms. The summed E-state index contributed by atoms with van der Waals surface area (Å²) in [7, 11) is -3.39. The molecule has 5 rings (SSSR count). The summed E-state index contributed by atoms with van der Waals surface area (Å²) in [4.78, 5) is 4.46. The van der Waals surface area contributed by atoms with Crippen molar-refractivity contribution in [3.05, 3.63) is 67.1 Å². The van der Waals surface area contributed by atoms with E-state index >= 15 is 0 Å². The van der Waals surface area contributed by atoms with Crippen LogP contribution in [-0.2, 0) is 16.6 Å². The normalized spacial score (nSPS) is 12.1. The summed E-state index contributed by atoms with van der Waals surface area (Å²) in [6.07, 6.45) is 7.56. The molecule has 0 spiro atoms. The van der Waals surface area contributed by atoms with Gasteiger partial charge < -0.3 is 4.57 Å². The molecule has 5 aromatic rings. The minimum Gasteiger partial charge on any atom is -0.314 e. The molecule has 0 aliphatic heterocycles. The lowest BCUT2D eigenvalue weighted by Crippen LogP contribution is -2.06. The highest BCUT2D eigenvalue weighted by molar-refractivity contribution is 7.89. The predicted octanol–water partition coefficient (Wildman–Crippen LogP) is 4.08. The van der Waals surface area contributed by atoms with Gasteiger partial charge in [-0.1, -0.05) is 18.2 Å². The van der Waals surface area contributed by atoms with Crippen LogP contribution in [-0.4, -0.2) is 38.4 Å². The summed E-state index contributed by atoms with van der Waals surface area (Å²) < 4.78 is 41.5. The Bertz CT molecular complexity index is 1570. The van der Waals surface area contributed by atoms with Crippen LogP contribution in [0.5, 0.6) is 0 Å². The quantitative estimate of drug-likeness (QED) is 0.425. The fourth-order valence-electron chi connectivity index (χ4n) is 3.70. The van der Waals surface area contributed by atoms with Crippen molar-refractivity contribution >= 4 is 32.0 Å². The van der Waals surface area contributed by atoms with Crippen LogP contribution in [0.2, 0.25) is 0 Å². The van der Waals surface area contributed by atoms with Gasteiger partial charge in [-0.05, 0) is 36.2 Å². The Balaban J connectivity index is 1.65. The van der Waals surface area contributed by atoms with Gasteiger partial charge in [0, 0.05) is 40.8 Å². The van der Waals surface area contributed by atoms with Crippen molar-refractivity contribution in [1.82, 2.24) is 23.7 Å². The van der Waals surface area contributed by atoms with E-state index < -0.39 is 10.0 Å². The SMILES string of the molecule is CCn1cnc2c(-c3ccc(F)c(-c4ccc5cn(S(C)(=O)=O)cc5c4)c3)cnnc21. The largest absolute Gasteiger partial charge is 0.314 e. The molecule has 0 amide bonds. The maximum Gasteiger partial charge on any atom is 0.235 e. The second-order valence-electron chi connectivity index (χ2n) is 7.35. The van der Waals surface area contributed by atoms with Gasteiger partial charge in [-0.25, -0.2) is 17.8 Å². The molecule has 2 aromatic carbocycles. The van der Waals surface area contributed by atoms with Gasteiger partial charge >= 0.3 is 0 Å². The third kappa shape index (κ3) is 3.27. The molecule has 0 aliphatic carbocycles. The van der Waals surface area contributed by atoms with E-state index in [2.05, 4.69) is 15.2 Å². The van der Waals surface area contributed by atoms with Crippen LogP contribution in [0.3, 0.4) is 0 Å². The van der Waals surface area contributed by atoms with Gasteiger partial charge in [0.05, 0.1) is 18.8 Å². The number of aromatic nitrogens is 5. The summed E-state index contributed by atoms with van der Waals surface area (Å²) in [6.45, 7) is 2.72. The summed E-state index contributed by atoms with van der Waals surface area (Å²) in [6, 6.07) is 10.2. The predicted molar refractivity (Wildman–Crippen MR) is 118 cm³/mol. The van der Waals surface area contributed by atoms with Crippen molar-refractivity contribution in [3.63, 3.8) is 0 Å². The highest BCUT2D eigenvalue weighted by Crippen LogP contribution is 2.33. The number of benzene rings is 2. The van der Waals surface area contributed by atoms with Crippen molar-refractivity contribution in [2.45, 2.75) is 13.5 Å². The number of nitrogens with zero attached hydrogens (tertiary/aromatic N) is 5. The van der Waals surface area contributed by atoms with Crippen LogP contribution in [0.1, 0.15) is 6.92 Å². The molecule has 0 atom stereocenters. The average Bonchev–Trinajstić information content (AvgIpc) is 3.37. The maximum atomic E-state index is 14.8. The molecule has 0 radical (unpaired) electrons. The lowest BCUT2D eigenvalue weighted by Gasteiger charge is -2.08. The Labute approximate surface area is 177 Å². The molecule has 0 N–H and O–H groups in total. The molecule has 31 heavy (non-hydrogen) atoms. The highest BCUT2D eigenvalue weighted by atomic mass is 32.2. The van der Waals surface area contributed by atoms with Crippen LogP contribution in [0.15, 0.2) is 61.3 Å². The first-order valence-corrected chi connectivity index (χ1v) is 11.5. The van der Waals surface area contributed by atoms with Crippen molar-refractivity contribution < 1.29 is 12.8 Å². The van der Waals surface area contributed by atoms with E-state index in [0.717, 1.165) is 33.3 Å². The van der Waals surface area contributed by atoms with E-state index in [4.69, 9.17) is 0 Å². The monoisotopic (exact) mass is 435 g/mol. The average molecular weight is 435 g/mol. The van der Waals surface area contributed by atoms with Gasteiger partial charge in [-0.3, -0.25) is 3.97 Å². The zero-order valence-corrected chi connectivity index (χ0v) is 17.6. The molecular weight excluding hydrogens is 417 g/mol. The van der Waals surface area contributed by atoms with Gasteiger partial charge in [-0.15, -0.1) is 5.10 Å². The molecule has 3 aromatic heterocycles. The molecule has 0 fully saturated rings. The second kappa shape index (κ2) is 6.98.